The van der Waals surface area contributed by atoms with Crippen LogP contribution in [0.25, 0.3) is 0 Å². The lowest BCUT2D eigenvalue weighted by molar-refractivity contribution is -0.106. The van der Waals surface area contributed by atoms with E-state index < -0.39 is 0 Å². The van der Waals surface area contributed by atoms with Crippen molar-refractivity contribution in [2.45, 2.75) is 59.8 Å². The SMILES string of the molecule is CCC1(C)CCC(C(C)C)CC1.NC=O. The minimum absolute atomic E-state index is 0.250. The molecule has 1 aliphatic carbocycles. The Kier molecular flexibility index (Phi) is 6.62. The third-order valence-corrected chi connectivity index (χ3v) is 4.03. The highest BCUT2D eigenvalue weighted by atomic mass is 16.1. The quantitative estimate of drug-likeness (QED) is 0.702. The molecule has 0 unspecified atom stereocenters. The Morgan fingerprint density at radius 1 is 1.40 bits per heavy atom. The van der Waals surface area contributed by atoms with Gasteiger partial charge in [0.1, 0.15) is 0 Å². The number of nitrogens with two attached hydrogens (primary N) is 1. The second kappa shape index (κ2) is 6.86. The summed E-state index contributed by atoms with van der Waals surface area (Å²) >= 11 is 0. The average Bonchev–Trinajstić information content (AvgIpc) is 2.20. The topological polar surface area (TPSA) is 43.1 Å². The first-order valence-corrected chi connectivity index (χ1v) is 6.14. The highest BCUT2D eigenvalue weighted by Crippen LogP contribution is 2.42. The van der Waals surface area contributed by atoms with Gasteiger partial charge in [-0.15, -0.1) is 0 Å². The first-order chi connectivity index (χ1) is 6.99. The molecule has 0 spiro atoms. The summed E-state index contributed by atoms with van der Waals surface area (Å²) in [5.41, 5.74) is 4.85. The number of rotatable bonds is 2. The molecule has 2 heteroatoms. The molecule has 0 atom stereocenters. The molecule has 0 aliphatic heterocycles. The van der Waals surface area contributed by atoms with Crippen molar-refractivity contribution in [1.82, 2.24) is 0 Å². The van der Waals surface area contributed by atoms with E-state index in [2.05, 4.69) is 33.4 Å². The molecule has 2 nitrogen and oxygen atoms in total. The van der Waals surface area contributed by atoms with Gasteiger partial charge in [0.05, 0.1) is 0 Å². The van der Waals surface area contributed by atoms with Crippen LogP contribution in [0.3, 0.4) is 0 Å². The van der Waals surface area contributed by atoms with Crippen molar-refractivity contribution in [1.29, 1.82) is 0 Å². The zero-order chi connectivity index (χ0) is 11.9. The van der Waals surface area contributed by atoms with E-state index in [4.69, 9.17) is 4.79 Å². The Balaban J connectivity index is 0.000000583. The van der Waals surface area contributed by atoms with Gasteiger partial charge in [-0.2, -0.15) is 0 Å². The molecule has 1 fully saturated rings. The maximum Gasteiger partial charge on any atom is 0.204 e. The van der Waals surface area contributed by atoms with Crippen LogP contribution in [0.5, 0.6) is 0 Å². The van der Waals surface area contributed by atoms with Gasteiger partial charge in [-0.05, 0) is 42.9 Å². The molecule has 2 N–H and O–H groups in total. The van der Waals surface area contributed by atoms with Gasteiger partial charge in [0, 0.05) is 0 Å². The third-order valence-electron chi connectivity index (χ3n) is 4.03. The third kappa shape index (κ3) is 5.19. The van der Waals surface area contributed by atoms with E-state index in [0.717, 1.165) is 11.8 Å². The van der Waals surface area contributed by atoms with Crippen molar-refractivity contribution in [2.24, 2.45) is 23.0 Å². The predicted octanol–water partition coefficient (Wildman–Crippen LogP) is 3.35. The lowest BCUT2D eigenvalue weighted by atomic mass is 9.68. The van der Waals surface area contributed by atoms with Crippen LogP contribution in [0, 0.1) is 17.3 Å². The Morgan fingerprint density at radius 2 is 1.80 bits per heavy atom. The summed E-state index contributed by atoms with van der Waals surface area (Å²) in [6.07, 6.45) is 7.50. The highest BCUT2D eigenvalue weighted by Gasteiger charge is 2.30. The predicted molar refractivity (Wildman–Crippen MR) is 65.4 cm³/mol. The molecular formula is C13H27NO. The summed E-state index contributed by atoms with van der Waals surface area (Å²) in [4.78, 5) is 8.58. The van der Waals surface area contributed by atoms with Crippen molar-refractivity contribution < 1.29 is 4.79 Å². The van der Waals surface area contributed by atoms with Gasteiger partial charge >= 0.3 is 0 Å². The number of hydrogen-bond donors (Lipinski definition) is 1. The molecule has 0 bridgehead atoms. The Hall–Kier alpha value is -0.530. The summed E-state index contributed by atoms with van der Waals surface area (Å²) < 4.78 is 0. The van der Waals surface area contributed by atoms with Crippen molar-refractivity contribution in [3.8, 4) is 0 Å². The fourth-order valence-corrected chi connectivity index (χ4v) is 2.36. The Labute approximate surface area is 94.6 Å². The fraction of sp³-hybridized carbons (Fsp3) is 0.923. The van der Waals surface area contributed by atoms with Crippen molar-refractivity contribution in [2.75, 3.05) is 0 Å². The average molecular weight is 213 g/mol. The van der Waals surface area contributed by atoms with Gasteiger partial charge in [-0.25, -0.2) is 0 Å². The first kappa shape index (κ1) is 14.5. The van der Waals surface area contributed by atoms with E-state index in [0.29, 0.717) is 5.41 Å². The van der Waals surface area contributed by atoms with Crippen LogP contribution in [0.2, 0.25) is 0 Å². The highest BCUT2D eigenvalue weighted by molar-refractivity contribution is 5.42. The zero-order valence-corrected chi connectivity index (χ0v) is 10.8. The number of primary amides is 1. The molecule has 15 heavy (non-hydrogen) atoms. The summed E-state index contributed by atoms with van der Waals surface area (Å²) in [7, 11) is 0. The lowest BCUT2D eigenvalue weighted by Gasteiger charge is -2.38. The molecule has 0 aromatic heterocycles. The molecule has 0 aromatic carbocycles. The molecule has 0 saturated heterocycles. The van der Waals surface area contributed by atoms with Crippen molar-refractivity contribution in [3.05, 3.63) is 0 Å². The van der Waals surface area contributed by atoms with Gasteiger partial charge in [0.15, 0.2) is 0 Å². The number of amides is 1. The van der Waals surface area contributed by atoms with Crippen LogP contribution in [0.15, 0.2) is 0 Å². The maximum absolute atomic E-state index is 8.58. The van der Waals surface area contributed by atoms with Gasteiger partial charge < -0.3 is 5.73 Å². The van der Waals surface area contributed by atoms with Crippen molar-refractivity contribution in [3.63, 3.8) is 0 Å². The van der Waals surface area contributed by atoms with E-state index in [1.54, 1.807) is 0 Å². The van der Waals surface area contributed by atoms with Crippen LogP contribution >= 0.6 is 0 Å². The lowest BCUT2D eigenvalue weighted by Crippen LogP contribution is -2.25. The van der Waals surface area contributed by atoms with Gasteiger partial charge in [-0.1, -0.05) is 34.1 Å². The summed E-state index contributed by atoms with van der Waals surface area (Å²) in [5.74, 6) is 1.93. The van der Waals surface area contributed by atoms with Crippen molar-refractivity contribution >= 4 is 6.41 Å². The molecule has 1 amide bonds. The first-order valence-electron chi connectivity index (χ1n) is 6.14. The maximum atomic E-state index is 8.58. The van der Waals surface area contributed by atoms with Gasteiger partial charge in [0.25, 0.3) is 0 Å². The number of carbonyl (C=O) groups is 1. The minimum atomic E-state index is 0.250. The molecule has 90 valence electrons. The second-order valence-electron chi connectivity index (χ2n) is 5.38. The van der Waals surface area contributed by atoms with Crippen LogP contribution < -0.4 is 5.73 Å². The van der Waals surface area contributed by atoms with E-state index in [1.807, 2.05) is 0 Å². The standard InChI is InChI=1S/C12H24.CH3NO/c1-5-12(4)8-6-11(7-9-12)10(2)3;2-1-3/h10-11H,5-9H2,1-4H3;1H,(H2,2,3). The molecule has 1 saturated carbocycles. The summed E-state index contributed by atoms with van der Waals surface area (Å²) in [6, 6.07) is 0. The second-order valence-corrected chi connectivity index (χ2v) is 5.38. The summed E-state index contributed by atoms with van der Waals surface area (Å²) in [6.45, 7) is 9.55. The number of hydrogen-bond acceptors (Lipinski definition) is 1. The molecule has 1 aliphatic rings. The van der Waals surface area contributed by atoms with E-state index in [9.17, 15) is 0 Å². The number of carbonyl (C=O) groups excluding carboxylic acids is 1. The van der Waals surface area contributed by atoms with E-state index >= 15 is 0 Å². The van der Waals surface area contributed by atoms with Crippen LogP contribution in [0.1, 0.15) is 59.8 Å². The largest absolute Gasteiger partial charge is 0.372 e. The normalized spacial score (nSPS) is 30.6. The molecular weight excluding hydrogens is 186 g/mol. The molecule has 1 rings (SSSR count). The van der Waals surface area contributed by atoms with Gasteiger partial charge in [0.2, 0.25) is 6.41 Å². The van der Waals surface area contributed by atoms with Crippen LogP contribution in [0.4, 0.5) is 0 Å². The van der Waals surface area contributed by atoms with Gasteiger partial charge in [-0.3, -0.25) is 4.79 Å². The van der Waals surface area contributed by atoms with Crippen LogP contribution in [-0.4, -0.2) is 6.41 Å². The fourth-order valence-electron chi connectivity index (χ4n) is 2.36. The monoisotopic (exact) mass is 213 g/mol. The Bertz CT molecular complexity index is 169. The molecule has 0 heterocycles. The van der Waals surface area contributed by atoms with E-state index in [1.165, 1.54) is 32.1 Å². The van der Waals surface area contributed by atoms with E-state index in [-0.39, 0.29) is 6.41 Å². The molecule has 0 aromatic rings. The zero-order valence-electron chi connectivity index (χ0n) is 10.8. The Morgan fingerprint density at radius 3 is 2.07 bits per heavy atom. The van der Waals surface area contributed by atoms with Crippen LogP contribution in [-0.2, 0) is 4.79 Å². The smallest absolute Gasteiger partial charge is 0.204 e. The summed E-state index contributed by atoms with van der Waals surface area (Å²) in [5, 5.41) is 0. The minimum Gasteiger partial charge on any atom is -0.372 e. The molecule has 0 radical (unpaired) electrons.